The molecule has 0 amide bonds. The Morgan fingerprint density at radius 1 is 0.875 bits per heavy atom. The minimum absolute atomic E-state index is 0.0322. The van der Waals surface area contributed by atoms with Crippen LogP contribution in [0.4, 0.5) is 0 Å². The molecule has 0 aromatic rings. The average Bonchev–Trinajstić information content (AvgIpc) is 2.55. The van der Waals surface area contributed by atoms with Crippen molar-refractivity contribution < 1.29 is 9.47 Å². The monoisotopic (exact) mass is 338 g/mol. The summed E-state index contributed by atoms with van der Waals surface area (Å²) < 4.78 is 12.1. The maximum absolute atomic E-state index is 6.17. The minimum Gasteiger partial charge on any atom is -0.353 e. The lowest BCUT2D eigenvalue weighted by molar-refractivity contribution is -0.171. The van der Waals surface area contributed by atoms with Gasteiger partial charge in [-0.1, -0.05) is 59.8 Å². The first-order chi connectivity index (χ1) is 11.4. The van der Waals surface area contributed by atoms with Crippen LogP contribution in [-0.2, 0) is 9.47 Å². The van der Waals surface area contributed by atoms with Crippen molar-refractivity contribution in [2.45, 2.75) is 111 Å². The highest BCUT2D eigenvalue weighted by Crippen LogP contribution is 2.40. The van der Waals surface area contributed by atoms with Gasteiger partial charge in [-0.15, -0.1) is 0 Å². The fraction of sp³-hybridized carbons (Fsp3) is 1.00. The van der Waals surface area contributed by atoms with Gasteiger partial charge in [-0.3, -0.25) is 0 Å². The largest absolute Gasteiger partial charge is 0.353 e. The van der Waals surface area contributed by atoms with Crippen LogP contribution in [-0.4, -0.2) is 19.0 Å². The van der Waals surface area contributed by atoms with Gasteiger partial charge >= 0.3 is 0 Å². The summed E-state index contributed by atoms with van der Waals surface area (Å²) in [5.41, 5.74) is 0.424. The van der Waals surface area contributed by atoms with E-state index in [1.54, 1.807) is 0 Å². The first-order valence-electron chi connectivity index (χ1n) is 10.6. The van der Waals surface area contributed by atoms with Crippen LogP contribution < -0.4 is 0 Å². The van der Waals surface area contributed by atoms with E-state index in [1.807, 2.05) is 0 Å². The molecule has 2 aliphatic rings. The van der Waals surface area contributed by atoms with Crippen molar-refractivity contribution in [1.29, 1.82) is 0 Å². The lowest BCUT2D eigenvalue weighted by Gasteiger charge is -2.39. The van der Waals surface area contributed by atoms with Gasteiger partial charge in [0, 0.05) is 6.61 Å². The topological polar surface area (TPSA) is 18.5 Å². The highest BCUT2D eigenvalue weighted by molar-refractivity contribution is 4.82. The van der Waals surface area contributed by atoms with Gasteiger partial charge in [0.05, 0.1) is 6.10 Å². The second-order valence-electron chi connectivity index (χ2n) is 9.56. The summed E-state index contributed by atoms with van der Waals surface area (Å²) in [4.78, 5) is 0. The summed E-state index contributed by atoms with van der Waals surface area (Å²) in [6.07, 6.45) is 13.8. The zero-order chi connectivity index (χ0) is 17.6. The van der Waals surface area contributed by atoms with E-state index >= 15 is 0 Å². The molecular weight excluding hydrogens is 296 g/mol. The molecule has 0 bridgehead atoms. The zero-order valence-electron chi connectivity index (χ0n) is 17.0. The maximum atomic E-state index is 6.17. The van der Waals surface area contributed by atoms with Crippen LogP contribution in [0, 0.1) is 23.2 Å². The highest BCUT2D eigenvalue weighted by Gasteiger charge is 2.32. The quantitative estimate of drug-likeness (QED) is 0.488. The molecule has 0 saturated heterocycles. The molecule has 2 heteroatoms. The molecule has 24 heavy (non-hydrogen) atoms. The lowest BCUT2D eigenvalue weighted by Crippen LogP contribution is -2.32. The second-order valence-corrected chi connectivity index (χ2v) is 9.56. The van der Waals surface area contributed by atoms with Gasteiger partial charge in [-0.05, 0) is 62.2 Å². The third-order valence-corrected chi connectivity index (χ3v) is 6.78. The Kier molecular flexibility index (Phi) is 8.07. The molecule has 2 nitrogen and oxygen atoms in total. The fourth-order valence-corrected chi connectivity index (χ4v) is 4.62. The van der Waals surface area contributed by atoms with Crippen LogP contribution in [0.15, 0.2) is 0 Å². The maximum Gasteiger partial charge on any atom is 0.155 e. The van der Waals surface area contributed by atoms with E-state index in [-0.39, 0.29) is 6.29 Å². The van der Waals surface area contributed by atoms with Crippen molar-refractivity contribution in [2.24, 2.45) is 23.2 Å². The molecule has 2 aliphatic carbocycles. The van der Waals surface area contributed by atoms with E-state index in [1.165, 1.54) is 64.2 Å². The van der Waals surface area contributed by atoms with Crippen molar-refractivity contribution in [2.75, 3.05) is 6.61 Å². The number of rotatable bonds is 7. The lowest BCUT2D eigenvalue weighted by atomic mass is 9.69. The van der Waals surface area contributed by atoms with Crippen LogP contribution in [0.2, 0.25) is 0 Å². The molecule has 2 unspecified atom stereocenters. The average molecular weight is 339 g/mol. The van der Waals surface area contributed by atoms with E-state index < -0.39 is 0 Å². The van der Waals surface area contributed by atoms with Crippen molar-refractivity contribution >= 4 is 0 Å². The molecule has 2 fully saturated rings. The number of hydrogen-bond acceptors (Lipinski definition) is 2. The first kappa shape index (κ1) is 20.2. The fourth-order valence-electron chi connectivity index (χ4n) is 4.62. The van der Waals surface area contributed by atoms with Gasteiger partial charge < -0.3 is 9.47 Å². The third-order valence-electron chi connectivity index (χ3n) is 6.78. The van der Waals surface area contributed by atoms with E-state index in [2.05, 4.69) is 34.6 Å². The summed E-state index contributed by atoms with van der Waals surface area (Å²) in [6.45, 7) is 12.5. The Labute approximate surface area is 151 Å². The van der Waals surface area contributed by atoms with E-state index in [4.69, 9.17) is 9.47 Å². The molecule has 0 radical (unpaired) electrons. The predicted molar refractivity (Wildman–Crippen MR) is 102 cm³/mol. The van der Waals surface area contributed by atoms with Gasteiger partial charge in [0.1, 0.15) is 0 Å². The van der Waals surface area contributed by atoms with Crippen LogP contribution in [0.25, 0.3) is 0 Å². The Bertz CT molecular complexity index is 332. The van der Waals surface area contributed by atoms with Gasteiger partial charge in [-0.25, -0.2) is 0 Å². The smallest absolute Gasteiger partial charge is 0.155 e. The van der Waals surface area contributed by atoms with Crippen molar-refractivity contribution in [1.82, 2.24) is 0 Å². The highest BCUT2D eigenvalue weighted by atomic mass is 16.7. The van der Waals surface area contributed by atoms with Gasteiger partial charge in [0.25, 0.3) is 0 Å². The van der Waals surface area contributed by atoms with Crippen molar-refractivity contribution in [3.8, 4) is 0 Å². The van der Waals surface area contributed by atoms with Crippen molar-refractivity contribution in [3.63, 3.8) is 0 Å². The minimum atomic E-state index is -0.0322. The molecular formula is C22H42O2. The summed E-state index contributed by atoms with van der Waals surface area (Å²) in [7, 11) is 0. The van der Waals surface area contributed by atoms with Crippen LogP contribution >= 0.6 is 0 Å². The molecule has 0 aromatic heterocycles. The van der Waals surface area contributed by atoms with Gasteiger partial charge in [-0.2, -0.15) is 0 Å². The number of hydrogen-bond donors (Lipinski definition) is 0. The van der Waals surface area contributed by atoms with E-state index in [0.717, 1.165) is 24.4 Å². The third kappa shape index (κ3) is 6.67. The first-order valence-corrected chi connectivity index (χ1v) is 10.6. The summed E-state index contributed by atoms with van der Waals surface area (Å²) in [5.74, 6) is 2.57. The Morgan fingerprint density at radius 3 is 2.08 bits per heavy atom. The molecule has 2 atom stereocenters. The van der Waals surface area contributed by atoms with Crippen LogP contribution in [0.1, 0.15) is 98.8 Å². The van der Waals surface area contributed by atoms with Crippen LogP contribution in [0.5, 0.6) is 0 Å². The molecule has 2 rings (SSSR count). The zero-order valence-corrected chi connectivity index (χ0v) is 17.0. The Hall–Kier alpha value is -0.0800. The second kappa shape index (κ2) is 9.57. The Morgan fingerprint density at radius 2 is 1.50 bits per heavy atom. The number of ether oxygens (including phenoxy) is 2. The molecule has 0 spiro atoms. The molecule has 0 aliphatic heterocycles. The molecule has 0 N–H and O–H groups in total. The Balaban J connectivity index is 1.59. The summed E-state index contributed by atoms with van der Waals surface area (Å²) in [6, 6.07) is 0. The summed E-state index contributed by atoms with van der Waals surface area (Å²) >= 11 is 0. The molecule has 0 heterocycles. The molecule has 142 valence electrons. The molecule has 2 saturated carbocycles. The normalized spacial score (nSPS) is 29.4. The van der Waals surface area contributed by atoms with Gasteiger partial charge in [0.2, 0.25) is 0 Å². The van der Waals surface area contributed by atoms with Crippen molar-refractivity contribution in [3.05, 3.63) is 0 Å². The van der Waals surface area contributed by atoms with Gasteiger partial charge in [0.15, 0.2) is 6.29 Å². The summed E-state index contributed by atoms with van der Waals surface area (Å²) in [5, 5.41) is 0. The van der Waals surface area contributed by atoms with E-state index in [9.17, 15) is 0 Å². The van der Waals surface area contributed by atoms with Crippen LogP contribution in [0.3, 0.4) is 0 Å². The SMILES string of the molecule is CC(OCCC1CCCCC1)OC1CCC(C(C)C(C)(C)C)CC1. The predicted octanol–water partition coefficient (Wildman–Crippen LogP) is 6.58. The molecule has 0 aromatic carbocycles. The van der Waals surface area contributed by atoms with E-state index in [0.29, 0.717) is 11.5 Å². The standard InChI is InChI=1S/C22H42O2/c1-17(22(3,4)5)20-11-13-21(14-12-20)24-18(2)23-16-15-19-9-7-6-8-10-19/h17-21H,6-16H2,1-5H3.